The lowest BCUT2D eigenvalue weighted by Crippen LogP contribution is -2.06. The second-order valence-electron chi connectivity index (χ2n) is 4.63. The van der Waals surface area contributed by atoms with Gasteiger partial charge in [0.15, 0.2) is 5.82 Å². The van der Waals surface area contributed by atoms with Crippen LogP contribution in [0.3, 0.4) is 0 Å². The van der Waals surface area contributed by atoms with Gasteiger partial charge >= 0.3 is 0 Å². The Labute approximate surface area is 128 Å². The van der Waals surface area contributed by atoms with Crippen LogP contribution in [0.5, 0.6) is 0 Å². The smallest absolute Gasteiger partial charge is 0.163 e. The van der Waals surface area contributed by atoms with Crippen molar-refractivity contribution in [3.63, 3.8) is 0 Å². The first-order valence-electron chi connectivity index (χ1n) is 6.88. The number of aromatic nitrogens is 3. The maximum atomic E-state index is 4.70. The highest BCUT2D eigenvalue weighted by molar-refractivity contribution is 9.10. The predicted octanol–water partition coefficient (Wildman–Crippen LogP) is 3.99. The first kappa shape index (κ1) is 14.9. The largest absolute Gasteiger partial charge is 0.369 e. The van der Waals surface area contributed by atoms with Gasteiger partial charge in [-0.3, -0.25) is 4.98 Å². The molecule has 0 aliphatic heterocycles. The van der Waals surface area contributed by atoms with Crippen molar-refractivity contribution in [1.82, 2.24) is 15.0 Å². The summed E-state index contributed by atoms with van der Waals surface area (Å²) in [6, 6.07) is 1.98. The van der Waals surface area contributed by atoms with E-state index in [4.69, 9.17) is 4.98 Å². The summed E-state index contributed by atoms with van der Waals surface area (Å²) in [5, 5.41) is 3.29. The van der Waals surface area contributed by atoms with Crippen LogP contribution in [0.4, 0.5) is 5.82 Å². The van der Waals surface area contributed by atoms with Crippen LogP contribution in [0.2, 0.25) is 0 Å². The van der Waals surface area contributed by atoms with Gasteiger partial charge in [0, 0.05) is 24.5 Å². The lowest BCUT2D eigenvalue weighted by atomic mass is 10.1. The highest BCUT2D eigenvalue weighted by atomic mass is 79.9. The van der Waals surface area contributed by atoms with E-state index >= 15 is 0 Å². The maximum absolute atomic E-state index is 4.70. The fourth-order valence-electron chi connectivity index (χ4n) is 2.00. The average molecular weight is 335 g/mol. The lowest BCUT2D eigenvalue weighted by Gasteiger charge is -2.12. The minimum Gasteiger partial charge on any atom is -0.369 e. The van der Waals surface area contributed by atoms with Gasteiger partial charge in [-0.2, -0.15) is 0 Å². The molecule has 0 unspecified atom stereocenters. The van der Waals surface area contributed by atoms with Crippen molar-refractivity contribution < 1.29 is 0 Å². The Kier molecular flexibility index (Phi) is 5.06. The van der Waals surface area contributed by atoms with Crippen molar-refractivity contribution in [2.75, 3.05) is 11.9 Å². The van der Waals surface area contributed by atoms with Crippen molar-refractivity contribution in [2.45, 2.75) is 33.6 Å². The first-order chi connectivity index (χ1) is 9.67. The van der Waals surface area contributed by atoms with Crippen molar-refractivity contribution >= 4 is 21.7 Å². The third-order valence-electron chi connectivity index (χ3n) is 3.03. The first-order valence-corrected chi connectivity index (χ1v) is 7.67. The van der Waals surface area contributed by atoms with Crippen LogP contribution in [0.1, 0.15) is 31.5 Å². The summed E-state index contributed by atoms with van der Waals surface area (Å²) in [5.41, 5.74) is 3.15. The molecule has 0 aliphatic carbocycles. The van der Waals surface area contributed by atoms with Gasteiger partial charge in [0.1, 0.15) is 5.82 Å². The molecule has 0 amide bonds. The molecule has 0 bridgehead atoms. The molecule has 2 aromatic heterocycles. The zero-order valence-electron chi connectivity index (χ0n) is 12.1. The van der Waals surface area contributed by atoms with E-state index in [-0.39, 0.29) is 0 Å². The summed E-state index contributed by atoms with van der Waals surface area (Å²) in [6.45, 7) is 7.08. The molecular formula is C15H19BrN4. The number of rotatable bonds is 5. The number of halogens is 1. The highest BCUT2D eigenvalue weighted by Crippen LogP contribution is 2.28. The minimum absolute atomic E-state index is 0.734. The maximum Gasteiger partial charge on any atom is 0.163 e. The molecule has 0 saturated heterocycles. The van der Waals surface area contributed by atoms with Crippen LogP contribution in [0, 0.1) is 6.92 Å². The molecule has 5 heteroatoms. The van der Waals surface area contributed by atoms with Gasteiger partial charge in [-0.15, -0.1) is 0 Å². The summed E-state index contributed by atoms with van der Waals surface area (Å²) < 4.78 is 0.964. The van der Waals surface area contributed by atoms with Crippen molar-refractivity contribution in [2.24, 2.45) is 0 Å². The van der Waals surface area contributed by atoms with Crippen LogP contribution in [0.15, 0.2) is 22.9 Å². The molecule has 2 aromatic rings. The highest BCUT2D eigenvalue weighted by Gasteiger charge is 2.13. The molecule has 0 radical (unpaired) electrons. The van der Waals surface area contributed by atoms with E-state index in [9.17, 15) is 0 Å². The fourth-order valence-corrected chi connectivity index (χ4v) is 2.51. The molecule has 2 rings (SSSR count). The molecule has 0 spiro atoms. The zero-order valence-corrected chi connectivity index (χ0v) is 13.7. The van der Waals surface area contributed by atoms with Crippen LogP contribution < -0.4 is 5.32 Å². The normalized spacial score (nSPS) is 10.6. The van der Waals surface area contributed by atoms with Gasteiger partial charge in [0.05, 0.1) is 10.2 Å². The van der Waals surface area contributed by atoms with Gasteiger partial charge in [-0.05, 0) is 47.8 Å². The number of hydrogen-bond donors (Lipinski definition) is 1. The van der Waals surface area contributed by atoms with E-state index < -0.39 is 0 Å². The third kappa shape index (κ3) is 3.15. The molecule has 1 N–H and O–H groups in total. The molecular weight excluding hydrogens is 316 g/mol. The van der Waals surface area contributed by atoms with Gasteiger partial charge in [0.25, 0.3) is 0 Å². The van der Waals surface area contributed by atoms with E-state index in [1.165, 1.54) is 0 Å². The Hall–Kier alpha value is -1.49. The van der Waals surface area contributed by atoms with E-state index in [0.717, 1.165) is 52.3 Å². The number of aryl methyl sites for hydroxylation is 2. The summed E-state index contributed by atoms with van der Waals surface area (Å²) in [6.07, 6.45) is 5.58. The number of hydrogen-bond acceptors (Lipinski definition) is 4. The van der Waals surface area contributed by atoms with Gasteiger partial charge < -0.3 is 5.32 Å². The van der Waals surface area contributed by atoms with Crippen LogP contribution in [-0.4, -0.2) is 21.5 Å². The Morgan fingerprint density at radius 1 is 1.25 bits per heavy atom. The van der Waals surface area contributed by atoms with E-state index in [0.29, 0.717) is 0 Å². The summed E-state index contributed by atoms with van der Waals surface area (Å²) >= 11 is 3.61. The topological polar surface area (TPSA) is 50.7 Å². The number of nitrogens with one attached hydrogen (secondary N) is 1. The zero-order chi connectivity index (χ0) is 14.5. The van der Waals surface area contributed by atoms with Crippen molar-refractivity contribution in [3.8, 4) is 11.4 Å². The summed E-state index contributed by atoms with van der Waals surface area (Å²) in [5.74, 6) is 1.59. The quantitative estimate of drug-likeness (QED) is 0.897. The van der Waals surface area contributed by atoms with Gasteiger partial charge in [-0.1, -0.05) is 13.3 Å². The van der Waals surface area contributed by atoms with E-state index in [1.54, 1.807) is 6.20 Å². The number of pyridine rings is 1. The molecule has 2 heterocycles. The molecule has 0 saturated carbocycles. The van der Waals surface area contributed by atoms with Crippen molar-refractivity contribution in [1.29, 1.82) is 0 Å². The molecule has 0 aromatic carbocycles. The molecule has 0 fully saturated rings. The van der Waals surface area contributed by atoms with E-state index in [2.05, 4.69) is 52.0 Å². The van der Waals surface area contributed by atoms with Crippen LogP contribution in [0.25, 0.3) is 11.4 Å². The van der Waals surface area contributed by atoms with E-state index in [1.807, 2.05) is 12.3 Å². The number of anilines is 1. The molecule has 106 valence electrons. The summed E-state index contributed by atoms with van der Waals surface area (Å²) in [4.78, 5) is 13.5. The Morgan fingerprint density at radius 2 is 2.05 bits per heavy atom. The molecule has 0 atom stereocenters. The Balaban J connectivity index is 2.56. The molecule has 4 nitrogen and oxygen atoms in total. The second kappa shape index (κ2) is 6.79. The van der Waals surface area contributed by atoms with Gasteiger partial charge in [0.2, 0.25) is 0 Å². The SMILES string of the molecule is CCCc1nc(-c2cnccc2C)nc(NCC)c1Br. The Bertz CT molecular complexity index is 571. The lowest BCUT2D eigenvalue weighted by molar-refractivity contribution is 0.867. The standard InChI is InChI=1S/C15H19BrN4/c1-4-6-12-13(16)15(18-5-2)20-14(19-12)11-9-17-8-7-10(11)3/h7-9H,4-6H2,1-3H3,(H,18,19,20). The fraction of sp³-hybridized carbons (Fsp3) is 0.400. The molecule has 20 heavy (non-hydrogen) atoms. The predicted molar refractivity (Wildman–Crippen MR) is 85.9 cm³/mol. The average Bonchev–Trinajstić information content (AvgIpc) is 2.44. The van der Waals surface area contributed by atoms with Crippen LogP contribution >= 0.6 is 15.9 Å². The summed E-state index contributed by atoms with van der Waals surface area (Å²) in [7, 11) is 0. The second-order valence-corrected chi connectivity index (χ2v) is 5.42. The van der Waals surface area contributed by atoms with Gasteiger partial charge in [-0.25, -0.2) is 9.97 Å². The van der Waals surface area contributed by atoms with Crippen LogP contribution in [-0.2, 0) is 6.42 Å². The Morgan fingerprint density at radius 3 is 2.70 bits per heavy atom. The third-order valence-corrected chi connectivity index (χ3v) is 3.86. The molecule has 0 aliphatic rings. The monoisotopic (exact) mass is 334 g/mol. The minimum atomic E-state index is 0.734. The van der Waals surface area contributed by atoms with Crippen molar-refractivity contribution in [3.05, 3.63) is 34.2 Å². The number of nitrogens with zero attached hydrogens (tertiary/aromatic N) is 3.